The topological polar surface area (TPSA) is 35.2 Å². The molecule has 228 valence electrons. The first kappa shape index (κ1) is 27.1. The minimum atomic E-state index is 0.747. The van der Waals surface area contributed by atoms with Crippen LogP contribution in [0, 0.1) is 0 Å². The van der Waals surface area contributed by atoms with Gasteiger partial charge < -0.3 is 43.9 Å². The Morgan fingerprint density at radius 2 is 1.04 bits per heavy atom. The van der Waals surface area contributed by atoms with Crippen molar-refractivity contribution in [2.24, 2.45) is 0 Å². The van der Waals surface area contributed by atoms with Gasteiger partial charge in [-0.2, -0.15) is 0 Å². The molecule has 0 unspecified atom stereocenters. The number of anilines is 8. The lowest BCUT2D eigenvalue weighted by atomic mass is 10.1. The van der Waals surface area contributed by atoms with Crippen LogP contribution < -0.4 is 34.1 Å². The molecule has 0 aromatic heterocycles. The van der Waals surface area contributed by atoms with E-state index in [9.17, 15) is 0 Å². The minimum Gasteiger partial charge on any atom is -0.455 e. The van der Waals surface area contributed by atoms with Gasteiger partial charge in [-0.3, -0.25) is 0 Å². The average Bonchev–Trinajstić information content (AvgIpc) is 3.84. The molecule has 8 rings (SSSR count). The first-order valence-corrected chi connectivity index (χ1v) is 15.3. The summed E-state index contributed by atoms with van der Waals surface area (Å²) in [5, 5.41) is 0. The molecule has 0 aliphatic carbocycles. The van der Waals surface area contributed by atoms with Crippen molar-refractivity contribution in [3.05, 3.63) is 110 Å². The van der Waals surface area contributed by atoms with Crippen LogP contribution in [0.1, 0.15) is 0 Å². The molecule has 4 heterocycles. The molecule has 0 saturated carbocycles. The quantitative estimate of drug-likeness (QED) is 0.235. The Hall–Kier alpha value is -5.44. The van der Waals surface area contributed by atoms with E-state index in [1.807, 2.05) is 0 Å². The van der Waals surface area contributed by atoms with Crippen LogP contribution in [0.25, 0.3) is 0 Å². The van der Waals surface area contributed by atoms with E-state index in [-0.39, 0.29) is 0 Å². The second kappa shape index (κ2) is 10.6. The van der Waals surface area contributed by atoms with Gasteiger partial charge in [0, 0.05) is 70.8 Å². The van der Waals surface area contributed by atoms with Crippen LogP contribution in [0.4, 0.5) is 45.5 Å². The largest absolute Gasteiger partial charge is 0.455 e. The number of hydrogen-bond donors (Lipinski definition) is 0. The van der Waals surface area contributed by atoms with Gasteiger partial charge >= 0.3 is 0 Å². The van der Waals surface area contributed by atoms with Crippen molar-refractivity contribution < 1.29 is 4.74 Å². The second-order valence-electron chi connectivity index (χ2n) is 12.3. The van der Waals surface area contributed by atoms with Crippen LogP contribution in [0.2, 0.25) is 0 Å². The highest BCUT2D eigenvalue weighted by molar-refractivity contribution is 5.91. The molecule has 9 nitrogen and oxygen atoms in total. The summed E-state index contributed by atoms with van der Waals surface area (Å²) in [6, 6.07) is 30.1. The normalized spacial score (nSPS) is 16.9. The minimum absolute atomic E-state index is 0.747. The third kappa shape index (κ3) is 4.71. The van der Waals surface area contributed by atoms with Gasteiger partial charge in [-0.25, -0.2) is 0 Å². The summed E-state index contributed by atoms with van der Waals surface area (Å²) < 4.78 is 6.90. The van der Waals surface area contributed by atoms with E-state index in [2.05, 4.69) is 177 Å². The van der Waals surface area contributed by atoms with Gasteiger partial charge in [0.1, 0.15) is 5.75 Å². The van der Waals surface area contributed by atoms with E-state index in [4.69, 9.17) is 4.74 Å². The van der Waals surface area contributed by atoms with Crippen molar-refractivity contribution in [3.63, 3.8) is 0 Å². The molecule has 0 atom stereocenters. The number of hydrogen-bond acceptors (Lipinski definition) is 9. The molecule has 0 N–H and O–H groups in total. The van der Waals surface area contributed by atoms with Crippen molar-refractivity contribution in [2.75, 3.05) is 84.3 Å². The van der Waals surface area contributed by atoms with E-state index in [0.29, 0.717) is 0 Å². The lowest BCUT2D eigenvalue weighted by molar-refractivity contribution is 0.472. The molecule has 0 spiro atoms. The molecule has 9 heteroatoms. The SMILES string of the molecule is CN1C=CN(c2cc(N3C=CN(C)C3)c(N3CN(C)c4ccccc43)cc2Oc2cccc(N3CN(C)c4ccccc43)c2)C1. The Bertz CT molecular complexity index is 1820. The third-order valence-corrected chi connectivity index (χ3v) is 8.95. The monoisotopic (exact) mass is 598 g/mol. The standard InChI is InChI=1S/C36H38N8O/c1-37-16-18-41(23-37)33-21-35(42-19-17-38(2)24-42)36(22-34(33)44-26-40(4)30-13-6-8-15-32(30)44)45-28-11-9-10-27(20-28)43-25-39(3)29-12-5-7-14-31(29)43/h5-22H,23-26H2,1-4H3. The maximum absolute atomic E-state index is 6.90. The number of ether oxygens (including phenoxy) is 1. The molecule has 4 aromatic carbocycles. The number of benzene rings is 4. The highest BCUT2D eigenvalue weighted by Crippen LogP contribution is 2.49. The molecular weight excluding hydrogens is 560 g/mol. The molecule has 0 saturated heterocycles. The molecule has 0 bridgehead atoms. The maximum Gasteiger partial charge on any atom is 0.153 e. The van der Waals surface area contributed by atoms with Crippen molar-refractivity contribution in [1.82, 2.24) is 9.80 Å². The number of fused-ring (bicyclic) bond motifs is 2. The summed E-state index contributed by atoms with van der Waals surface area (Å²) in [6.07, 6.45) is 8.52. The highest BCUT2D eigenvalue weighted by Gasteiger charge is 2.31. The predicted molar refractivity (Wildman–Crippen MR) is 185 cm³/mol. The fourth-order valence-corrected chi connectivity index (χ4v) is 6.70. The summed E-state index contributed by atoms with van der Waals surface area (Å²) >= 11 is 0. The molecule has 0 radical (unpaired) electrons. The van der Waals surface area contributed by atoms with Crippen LogP contribution in [0.3, 0.4) is 0 Å². The fraction of sp³-hybridized carbons (Fsp3) is 0.222. The van der Waals surface area contributed by atoms with Gasteiger partial charge in [-0.15, -0.1) is 0 Å². The molecule has 45 heavy (non-hydrogen) atoms. The summed E-state index contributed by atoms with van der Waals surface area (Å²) in [4.78, 5) is 18.2. The number of rotatable bonds is 6. The van der Waals surface area contributed by atoms with Crippen molar-refractivity contribution in [3.8, 4) is 11.5 Å². The van der Waals surface area contributed by atoms with Gasteiger partial charge in [0.05, 0.1) is 66.5 Å². The van der Waals surface area contributed by atoms with E-state index < -0.39 is 0 Å². The van der Waals surface area contributed by atoms with E-state index in [1.165, 1.54) is 22.7 Å². The Kier molecular flexibility index (Phi) is 6.41. The first-order chi connectivity index (χ1) is 21.9. The van der Waals surface area contributed by atoms with E-state index in [1.54, 1.807) is 0 Å². The summed E-state index contributed by atoms with van der Waals surface area (Å²) in [5.74, 6) is 1.61. The van der Waals surface area contributed by atoms with Gasteiger partial charge in [0.2, 0.25) is 0 Å². The van der Waals surface area contributed by atoms with Gasteiger partial charge in [-0.05, 0) is 42.5 Å². The Labute approximate surface area is 265 Å². The Balaban J connectivity index is 1.23. The average molecular weight is 599 g/mol. The van der Waals surface area contributed by atoms with Crippen LogP contribution in [0.15, 0.2) is 110 Å². The van der Waals surface area contributed by atoms with Crippen LogP contribution in [0.5, 0.6) is 11.5 Å². The van der Waals surface area contributed by atoms with E-state index >= 15 is 0 Å². The maximum atomic E-state index is 6.90. The van der Waals surface area contributed by atoms with Crippen LogP contribution in [-0.4, -0.2) is 64.7 Å². The lowest BCUT2D eigenvalue weighted by Gasteiger charge is -2.31. The molecule has 0 fully saturated rings. The predicted octanol–water partition coefficient (Wildman–Crippen LogP) is 6.93. The smallest absolute Gasteiger partial charge is 0.153 e. The number of para-hydroxylation sites is 4. The lowest BCUT2D eigenvalue weighted by Crippen LogP contribution is -2.28. The van der Waals surface area contributed by atoms with Crippen LogP contribution >= 0.6 is 0 Å². The summed E-state index contributed by atoms with van der Waals surface area (Å²) in [6.45, 7) is 3.07. The first-order valence-electron chi connectivity index (χ1n) is 15.3. The van der Waals surface area contributed by atoms with Crippen molar-refractivity contribution in [1.29, 1.82) is 0 Å². The molecule has 4 aliphatic heterocycles. The second-order valence-corrected chi connectivity index (χ2v) is 12.3. The van der Waals surface area contributed by atoms with Crippen molar-refractivity contribution in [2.45, 2.75) is 0 Å². The molecule has 4 aromatic rings. The zero-order chi connectivity index (χ0) is 30.7. The third-order valence-electron chi connectivity index (χ3n) is 8.95. The summed E-state index contributed by atoms with van der Waals surface area (Å²) in [5.41, 5.74) is 9.21. The van der Waals surface area contributed by atoms with Crippen LogP contribution in [-0.2, 0) is 0 Å². The molecule has 4 aliphatic rings. The zero-order valence-corrected chi connectivity index (χ0v) is 26.2. The zero-order valence-electron chi connectivity index (χ0n) is 26.2. The van der Waals surface area contributed by atoms with Gasteiger partial charge in [0.15, 0.2) is 5.75 Å². The highest BCUT2D eigenvalue weighted by atomic mass is 16.5. The summed E-state index contributed by atoms with van der Waals surface area (Å²) in [7, 11) is 8.49. The van der Waals surface area contributed by atoms with Gasteiger partial charge in [-0.1, -0.05) is 30.3 Å². The Morgan fingerprint density at radius 3 is 1.67 bits per heavy atom. The number of nitrogens with zero attached hydrogens (tertiary/aromatic N) is 8. The molecular formula is C36H38N8O. The fourth-order valence-electron chi connectivity index (χ4n) is 6.70. The van der Waals surface area contributed by atoms with E-state index in [0.717, 1.165) is 60.9 Å². The molecule has 0 amide bonds. The van der Waals surface area contributed by atoms with Gasteiger partial charge in [0.25, 0.3) is 0 Å². The Morgan fingerprint density at radius 1 is 0.467 bits per heavy atom. The van der Waals surface area contributed by atoms with Crippen molar-refractivity contribution >= 4 is 45.5 Å².